The fourth-order valence-electron chi connectivity index (χ4n) is 2.44. The highest BCUT2D eigenvalue weighted by Crippen LogP contribution is 2.45. The number of nitrogens with zero attached hydrogens (tertiary/aromatic N) is 1. The summed E-state index contributed by atoms with van der Waals surface area (Å²) in [6.45, 7) is 2.72. The zero-order valence-electron chi connectivity index (χ0n) is 10.6. The Balaban J connectivity index is 2.40. The lowest BCUT2D eigenvalue weighted by atomic mass is 10.2. The van der Waals surface area contributed by atoms with Gasteiger partial charge >= 0.3 is 0 Å². The summed E-state index contributed by atoms with van der Waals surface area (Å²) in [6.07, 6.45) is 0. The van der Waals surface area contributed by atoms with Crippen molar-refractivity contribution in [3.05, 3.63) is 45.3 Å². The van der Waals surface area contributed by atoms with Gasteiger partial charge in [0.05, 0.1) is 21.2 Å². The van der Waals surface area contributed by atoms with Crippen molar-refractivity contribution in [2.45, 2.75) is 16.7 Å². The van der Waals surface area contributed by atoms with E-state index in [1.54, 1.807) is 12.1 Å². The highest BCUT2D eigenvalue weighted by molar-refractivity contribution is 9.10. The number of benzene rings is 2. The molecule has 1 aliphatic rings. The normalized spacial score (nSPS) is 15.7. The standard InChI is InChI=1S/C14H11Br2NO2S/c1-2-17-11-5-3-9(15)7-13(11)20(18,19)14-8-10(16)4-6-12(14)17/h3-8H,2H2,1H3. The molecule has 20 heavy (non-hydrogen) atoms. The van der Waals surface area contributed by atoms with Gasteiger partial charge < -0.3 is 4.90 Å². The summed E-state index contributed by atoms with van der Waals surface area (Å²) >= 11 is 6.69. The molecule has 3 nitrogen and oxygen atoms in total. The number of halogens is 2. The molecule has 6 heteroatoms. The lowest BCUT2D eigenvalue weighted by Crippen LogP contribution is -2.25. The maximum absolute atomic E-state index is 12.8. The van der Waals surface area contributed by atoms with Crippen molar-refractivity contribution < 1.29 is 8.42 Å². The van der Waals surface area contributed by atoms with E-state index in [1.807, 2.05) is 36.1 Å². The van der Waals surface area contributed by atoms with Crippen LogP contribution in [0.4, 0.5) is 11.4 Å². The molecule has 104 valence electrons. The molecule has 0 radical (unpaired) electrons. The second kappa shape index (κ2) is 4.86. The molecule has 0 atom stereocenters. The Morgan fingerprint density at radius 2 is 1.40 bits per heavy atom. The molecule has 0 N–H and O–H groups in total. The quantitative estimate of drug-likeness (QED) is 0.685. The molecule has 0 amide bonds. The van der Waals surface area contributed by atoms with Crippen LogP contribution in [-0.4, -0.2) is 15.0 Å². The van der Waals surface area contributed by atoms with Crippen molar-refractivity contribution in [3.8, 4) is 0 Å². The van der Waals surface area contributed by atoms with Crippen LogP contribution in [0.1, 0.15) is 6.92 Å². The number of fused-ring (bicyclic) bond motifs is 2. The molecule has 0 spiro atoms. The Morgan fingerprint density at radius 1 is 0.950 bits per heavy atom. The van der Waals surface area contributed by atoms with Crippen molar-refractivity contribution in [3.63, 3.8) is 0 Å². The number of hydrogen-bond donors (Lipinski definition) is 0. The van der Waals surface area contributed by atoms with E-state index in [-0.39, 0.29) is 0 Å². The molecule has 0 aromatic heterocycles. The summed E-state index contributed by atoms with van der Waals surface area (Å²) in [5, 5.41) is 0. The van der Waals surface area contributed by atoms with Gasteiger partial charge in [-0.15, -0.1) is 0 Å². The van der Waals surface area contributed by atoms with Crippen LogP contribution in [0.15, 0.2) is 55.1 Å². The molecule has 2 aromatic carbocycles. The van der Waals surface area contributed by atoms with Crippen molar-refractivity contribution >= 4 is 53.1 Å². The second-order valence-corrected chi connectivity index (χ2v) is 8.19. The maximum Gasteiger partial charge on any atom is 0.210 e. The summed E-state index contributed by atoms with van der Waals surface area (Å²) in [5.74, 6) is 0. The number of sulfone groups is 1. The van der Waals surface area contributed by atoms with E-state index < -0.39 is 9.84 Å². The maximum atomic E-state index is 12.8. The van der Waals surface area contributed by atoms with E-state index in [2.05, 4.69) is 31.9 Å². The van der Waals surface area contributed by atoms with Crippen LogP contribution in [0.3, 0.4) is 0 Å². The molecule has 1 aliphatic heterocycles. The highest BCUT2D eigenvalue weighted by atomic mass is 79.9. The van der Waals surface area contributed by atoms with E-state index in [0.717, 1.165) is 20.3 Å². The van der Waals surface area contributed by atoms with Gasteiger partial charge in [-0.1, -0.05) is 31.9 Å². The van der Waals surface area contributed by atoms with Gasteiger partial charge in [-0.25, -0.2) is 8.42 Å². The van der Waals surface area contributed by atoms with Crippen molar-refractivity contribution in [1.29, 1.82) is 0 Å². The molecule has 0 aliphatic carbocycles. The summed E-state index contributed by atoms with van der Waals surface area (Å²) in [5.41, 5.74) is 1.45. The lowest BCUT2D eigenvalue weighted by Gasteiger charge is -2.32. The van der Waals surface area contributed by atoms with Crippen molar-refractivity contribution in [2.75, 3.05) is 11.4 Å². The summed E-state index contributed by atoms with van der Waals surface area (Å²) in [7, 11) is -3.49. The predicted molar refractivity (Wildman–Crippen MR) is 86.4 cm³/mol. The van der Waals surface area contributed by atoms with Crippen LogP contribution in [0.2, 0.25) is 0 Å². The SMILES string of the molecule is CCN1c2ccc(Br)cc2S(=O)(=O)c2cc(Br)ccc21. The molecule has 0 bridgehead atoms. The van der Waals surface area contributed by atoms with E-state index >= 15 is 0 Å². The fraction of sp³-hybridized carbons (Fsp3) is 0.143. The first-order valence-corrected chi connectivity index (χ1v) is 9.14. The highest BCUT2D eigenvalue weighted by Gasteiger charge is 2.33. The van der Waals surface area contributed by atoms with E-state index in [9.17, 15) is 8.42 Å². The summed E-state index contributed by atoms with van der Waals surface area (Å²) in [6, 6.07) is 10.7. The van der Waals surface area contributed by atoms with Gasteiger partial charge in [0, 0.05) is 15.5 Å². The zero-order chi connectivity index (χ0) is 14.5. The Kier molecular flexibility index (Phi) is 3.43. The third-order valence-corrected chi connectivity index (χ3v) is 6.12. The lowest BCUT2D eigenvalue weighted by molar-refractivity contribution is 0.594. The van der Waals surface area contributed by atoms with Crippen LogP contribution in [0.5, 0.6) is 0 Å². The van der Waals surface area contributed by atoms with Crippen molar-refractivity contribution in [1.82, 2.24) is 0 Å². The monoisotopic (exact) mass is 415 g/mol. The molecule has 0 fully saturated rings. The topological polar surface area (TPSA) is 37.4 Å². The Bertz CT molecular complexity index is 743. The summed E-state index contributed by atoms with van der Waals surface area (Å²) in [4.78, 5) is 2.71. The minimum absolute atomic E-state index is 0.347. The van der Waals surface area contributed by atoms with Gasteiger partial charge in [0.25, 0.3) is 0 Å². The number of anilines is 2. The molecular formula is C14H11Br2NO2S. The Hall–Kier alpha value is -0.850. The molecular weight excluding hydrogens is 406 g/mol. The third-order valence-electron chi connectivity index (χ3n) is 3.32. The Labute approximate surface area is 134 Å². The minimum Gasteiger partial charge on any atom is -0.340 e. The molecule has 1 heterocycles. The van der Waals surface area contributed by atoms with Crippen molar-refractivity contribution in [2.24, 2.45) is 0 Å². The van der Waals surface area contributed by atoms with E-state index in [1.165, 1.54) is 0 Å². The number of rotatable bonds is 1. The molecule has 0 saturated heterocycles. The van der Waals surface area contributed by atoms with Crippen LogP contribution in [0.25, 0.3) is 0 Å². The first-order chi connectivity index (χ1) is 9.45. The Morgan fingerprint density at radius 3 is 1.80 bits per heavy atom. The van der Waals surface area contributed by atoms with E-state index in [0.29, 0.717) is 16.3 Å². The first kappa shape index (κ1) is 14.1. The van der Waals surface area contributed by atoms with Gasteiger partial charge in [0.1, 0.15) is 0 Å². The fourth-order valence-corrected chi connectivity index (χ4v) is 5.17. The average Bonchev–Trinajstić information content (AvgIpc) is 2.41. The van der Waals surface area contributed by atoms with Gasteiger partial charge in [-0.3, -0.25) is 0 Å². The van der Waals surface area contributed by atoms with Crippen LogP contribution in [-0.2, 0) is 9.84 Å². The van der Waals surface area contributed by atoms with Gasteiger partial charge in [-0.05, 0) is 43.3 Å². The smallest absolute Gasteiger partial charge is 0.210 e. The van der Waals surface area contributed by atoms with Crippen LogP contribution >= 0.6 is 31.9 Å². The van der Waals surface area contributed by atoms with E-state index in [4.69, 9.17) is 0 Å². The van der Waals surface area contributed by atoms with Gasteiger partial charge in [0.15, 0.2) is 0 Å². The van der Waals surface area contributed by atoms with Gasteiger partial charge in [-0.2, -0.15) is 0 Å². The molecule has 3 rings (SSSR count). The van der Waals surface area contributed by atoms with Crippen LogP contribution in [0, 0.1) is 0 Å². The predicted octanol–water partition coefficient (Wildman–Crippen LogP) is 4.52. The largest absolute Gasteiger partial charge is 0.340 e. The molecule has 2 aromatic rings. The van der Waals surface area contributed by atoms with Crippen LogP contribution < -0.4 is 4.90 Å². The third kappa shape index (κ3) is 2.01. The number of hydrogen-bond acceptors (Lipinski definition) is 3. The minimum atomic E-state index is -3.49. The van der Waals surface area contributed by atoms with Gasteiger partial charge in [0.2, 0.25) is 9.84 Å². The zero-order valence-corrected chi connectivity index (χ0v) is 14.6. The first-order valence-electron chi connectivity index (χ1n) is 6.07. The summed E-state index contributed by atoms with van der Waals surface area (Å²) < 4.78 is 27.1. The second-order valence-electron chi connectivity index (χ2n) is 4.47. The average molecular weight is 417 g/mol. The molecule has 0 unspecified atom stereocenters. The molecule has 0 saturated carbocycles.